The van der Waals surface area contributed by atoms with Crippen molar-refractivity contribution in [1.82, 2.24) is 0 Å². The van der Waals surface area contributed by atoms with Crippen LogP contribution in [0.15, 0.2) is 53.4 Å². The highest BCUT2D eigenvalue weighted by Gasteiger charge is 2.27. The van der Waals surface area contributed by atoms with E-state index in [0.717, 1.165) is 11.1 Å². The molecule has 3 rings (SSSR count). The summed E-state index contributed by atoms with van der Waals surface area (Å²) in [6.07, 6.45) is 0. The quantitative estimate of drug-likeness (QED) is 0.172. The molecule has 3 aromatic rings. The van der Waals surface area contributed by atoms with Crippen molar-refractivity contribution in [2.45, 2.75) is 10.8 Å². The van der Waals surface area contributed by atoms with Gasteiger partial charge in [-0.15, -0.1) is 0 Å². The van der Waals surface area contributed by atoms with Crippen molar-refractivity contribution in [1.29, 1.82) is 0 Å². The molecule has 0 bridgehead atoms. The maximum atomic E-state index is 12.1. The van der Waals surface area contributed by atoms with Crippen LogP contribution >= 0.6 is 90.4 Å². The number of rotatable bonds is 4. The second-order valence-corrected chi connectivity index (χ2v) is 12.2. The Kier molecular flexibility index (Phi) is 7.61. The summed E-state index contributed by atoms with van der Waals surface area (Å²) in [6, 6.07) is 13.4. The van der Waals surface area contributed by atoms with Gasteiger partial charge in [0.1, 0.15) is 11.5 Å². The van der Waals surface area contributed by atoms with Crippen LogP contribution in [0.2, 0.25) is 0 Å². The molecule has 3 aromatic carbocycles. The van der Waals surface area contributed by atoms with E-state index in [4.69, 9.17) is 0 Å². The molecule has 3 N–H and O–H groups in total. The SMILES string of the molecule is O=S(=O)(O)c1ccccc1C(c1cc(I)c(O)c(I)c1)c1cc(I)c(O)c(I)c1. The van der Waals surface area contributed by atoms with Gasteiger partial charge in [-0.25, -0.2) is 0 Å². The van der Waals surface area contributed by atoms with Crippen molar-refractivity contribution >= 4 is 100 Å². The van der Waals surface area contributed by atoms with Crippen LogP contribution in [-0.2, 0) is 10.1 Å². The maximum absolute atomic E-state index is 12.1. The molecular weight excluding hydrogens is 848 g/mol. The van der Waals surface area contributed by atoms with E-state index in [2.05, 4.69) is 0 Å². The Morgan fingerprint density at radius 3 is 1.48 bits per heavy atom. The molecule has 0 aromatic heterocycles. The molecule has 0 saturated heterocycles. The third-order valence-electron chi connectivity index (χ3n) is 4.25. The third-order valence-corrected chi connectivity index (χ3v) is 8.47. The fraction of sp³-hybridized carbons (Fsp3) is 0.0526. The molecule has 0 amide bonds. The fourth-order valence-electron chi connectivity index (χ4n) is 3.01. The zero-order valence-electron chi connectivity index (χ0n) is 14.3. The molecule has 0 spiro atoms. The fourth-order valence-corrected chi connectivity index (χ4v) is 7.38. The van der Waals surface area contributed by atoms with Crippen LogP contribution in [0.5, 0.6) is 11.5 Å². The van der Waals surface area contributed by atoms with Crippen LogP contribution in [0.1, 0.15) is 22.6 Å². The Morgan fingerprint density at radius 2 is 1.10 bits per heavy atom. The molecule has 0 aliphatic carbocycles. The van der Waals surface area contributed by atoms with Gasteiger partial charge in [0.25, 0.3) is 10.1 Å². The second-order valence-electron chi connectivity index (χ2n) is 6.11. The Hall–Kier alpha value is 0.0900. The van der Waals surface area contributed by atoms with Crippen LogP contribution in [0.3, 0.4) is 0 Å². The van der Waals surface area contributed by atoms with Crippen LogP contribution < -0.4 is 0 Å². The average molecular weight is 860 g/mol. The van der Waals surface area contributed by atoms with E-state index < -0.39 is 16.0 Å². The standard InChI is InChI=1S/C19H12I4O5S/c20-12-5-9(6-13(21)18(12)24)17(10-7-14(22)19(25)15(23)8-10)11-3-1-2-4-16(11)29(26,27)28/h1-8,17,24-25H,(H,26,27,28). The highest BCUT2D eigenvalue weighted by atomic mass is 127. The number of halogens is 4. The summed E-state index contributed by atoms with van der Waals surface area (Å²) >= 11 is 8.10. The van der Waals surface area contributed by atoms with E-state index in [1.54, 1.807) is 42.5 Å². The molecule has 0 aliphatic heterocycles. The van der Waals surface area contributed by atoms with Gasteiger partial charge in [-0.3, -0.25) is 4.55 Å². The summed E-state index contributed by atoms with van der Waals surface area (Å²) in [5, 5.41) is 20.4. The van der Waals surface area contributed by atoms with Gasteiger partial charge in [-0.1, -0.05) is 18.2 Å². The molecular formula is C19H12I4O5S. The zero-order chi connectivity index (χ0) is 21.5. The first-order valence-corrected chi connectivity index (χ1v) is 13.7. The molecule has 0 radical (unpaired) electrons. The first-order chi connectivity index (χ1) is 13.5. The van der Waals surface area contributed by atoms with Crippen LogP contribution in [-0.4, -0.2) is 23.2 Å². The van der Waals surface area contributed by atoms with E-state index >= 15 is 0 Å². The van der Waals surface area contributed by atoms with Gasteiger partial charge in [0, 0.05) is 5.92 Å². The lowest BCUT2D eigenvalue weighted by molar-refractivity contribution is 0.467. The lowest BCUT2D eigenvalue weighted by Gasteiger charge is -2.23. The minimum absolute atomic E-state index is 0.159. The van der Waals surface area contributed by atoms with E-state index in [0.29, 0.717) is 19.8 Å². The van der Waals surface area contributed by atoms with Gasteiger partial charge in [0.15, 0.2) is 0 Å². The van der Waals surface area contributed by atoms with Crippen molar-refractivity contribution in [2.75, 3.05) is 0 Å². The molecule has 29 heavy (non-hydrogen) atoms. The van der Waals surface area contributed by atoms with Gasteiger partial charge < -0.3 is 10.2 Å². The number of hydrogen-bond donors (Lipinski definition) is 3. The summed E-state index contributed by atoms with van der Waals surface area (Å²) in [5.74, 6) is -0.225. The Morgan fingerprint density at radius 1 is 0.724 bits per heavy atom. The average Bonchev–Trinajstić information content (AvgIpc) is 2.64. The van der Waals surface area contributed by atoms with E-state index in [1.165, 1.54) is 6.07 Å². The zero-order valence-corrected chi connectivity index (χ0v) is 23.7. The molecule has 0 saturated carbocycles. The molecule has 0 atom stereocenters. The van der Waals surface area contributed by atoms with Gasteiger partial charge in [-0.05, 0) is 137 Å². The highest BCUT2D eigenvalue weighted by molar-refractivity contribution is 14.1. The monoisotopic (exact) mass is 860 g/mol. The molecule has 0 heterocycles. The highest BCUT2D eigenvalue weighted by Crippen LogP contribution is 2.41. The second kappa shape index (κ2) is 9.30. The molecule has 152 valence electrons. The molecule has 0 aliphatic rings. The normalized spacial score (nSPS) is 11.8. The summed E-state index contributed by atoms with van der Waals surface area (Å²) < 4.78 is 36.4. The van der Waals surface area contributed by atoms with Gasteiger partial charge in [0.2, 0.25) is 0 Å². The number of hydrogen-bond acceptors (Lipinski definition) is 4. The number of benzene rings is 3. The Bertz CT molecular complexity index is 1110. The predicted octanol–water partition coefficient (Wildman–Crippen LogP) is 5.94. The number of phenolic OH excluding ortho intramolecular Hbond substituents is 2. The minimum Gasteiger partial charge on any atom is -0.506 e. The molecule has 10 heteroatoms. The minimum atomic E-state index is -4.46. The predicted molar refractivity (Wildman–Crippen MR) is 144 cm³/mol. The van der Waals surface area contributed by atoms with Gasteiger partial charge in [-0.2, -0.15) is 8.42 Å². The van der Waals surface area contributed by atoms with Crippen LogP contribution in [0.4, 0.5) is 0 Å². The van der Waals surface area contributed by atoms with Crippen molar-refractivity contribution in [3.8, 4) is 11.5 Å². The van der Waals surface area contributed by atoms with Crippen molar-refractivity contribution in [2.24, 2.45) is 0 Å². The third kappa shape index (κ3) is 5.12. The van der Waals surface area contributed by atoms with Crippen LogP contribution in [0.25, 0.3) is 0 Å². The number of phenols is 2. The van der Waals surface area contributed by atoms with E-state index in [1.807, 2.05) is 90.4 Å². The summed E-state index contributed by atoms with van der Waals surface area (Å²) in [5.41, 5.74) is 1.92. The maximum Gasteiger partial charge on any atom is 0.294 e. The van der Waals surface area contributed by atoms with Gasteiger partial charge in [0.05, 0.1) is 19.2 Å². The van der Waals surface area contributed by atoms with E-state index in [9.17, 15) is 23.2 Å². The summed E-state index contributed by atoms with van der Waals surface area (Å²) in [7, 11) is -4.46. The largest absolute Gasteiger partial charge is 0.506 e. The Labute approximate surface area is 222 Å². The first-order valence-electron chi connectivity index (χ1n) is 7.93. The molecule has 0 unspecified atom stereocenters. The van der Waals surface area contributed by atoms with Gasteiger partial charge >= 0.3 is 0 Å². The van der Waals surface area contributed by atoms with Crippen molar-refractivity contribution in [3.63, 3.8) is 0 Å². The lowest BCUT2D eigenvalue weighted by atomic mass is 9.85. The summed E-state index contributed by atoms with van der Waals surface area (Å²) in [6.45, 7) is 0. The smallest absolute Gasteiger partial charge is 0.294 e. The van der Waals surface area contributed by atoms with Crippen LogP contribution in [0, 0.1) is 14.3 Å². The lowest BCUT2D eigenvalue weighted by Crippen LogP contribution is -2.11. The van der Waals surface area contributed by atoms with Crippen molar-refractivity contribution < 1.29 is 23.2 Å². The Balaban J connectivity index is 2.39. The molecule has 5 nitrogen and oxygen atoms in total. The van der Waals surface area contributed by atoms with E-state index in [-0.39, 0.29) is 16.4 Å². The van der Waals surface area contributed by atoms with Crippen molar-refractivity contribution in [3.05, 3.63) is 79.5 Å². The first kappa shape index (κ1) is 23.7. The summed E-state index contributed by atoms with van der Waals surface area (Å²) in [4.78, 5) is -0.179. The molecule has 0 fully saturated rings. The number of aromatic hydroxyl groups is 2. The topological polar surface area (TPSA) is 94.8 Å².